The molecule has 11 heteroatoms. The number of rotatable bonds is 7. The van der Waals surface area contributed by atoms with Crippen molar-refractivity contribution in [3.05, 3.63) is 34.3 Å². The van der Waals surface area contributed by atoms with E-state index >= 15 is 0 Å². The Bertz CT molecular complexity index is 698. The highest BCUT2D eigenvalue weighted by Gasteiger charge is 2.33. The molecule has 0 unspecified atom stereocenters. The molecule has 0 aliphatic carbocycles. The molecule has 2 rings (SSSR count). The van der Waals surface area contributed by atoms with Crippen molar-refractivity contribution in [2.45, 2.75) is 39.0 Å². The van der Waals surface area contributed by atoms with Crippen LogP contribution in [0, 0.1) is 6.92 Å². The minimum Gasteiger partial charge on any atom is -0.356 e. The molecule has 146 valence electrons. The van der Waals surface area contributed by atoms with Crippen LogP contribution in [0.1, 0.15) is 29.4 Å². The van der Waals surface area contributed by atoms with Gasteiger partial charge in [0.15, 0.2) is 11.7 Å². The van der Waals surface area contributed by atoms with E-state index in [1.165, 1.54) is 0 Å². The van der Waals surface area contributed by atoms with Crippen molar-refractivity contribution in [2.75, 3.05) is 13.6 Å². The lowest BCUT2D eigenvalue weighted by atomic mass is 10.3. The molecule has 26 heavy (non-hydrogen) atoms. The first-order valence-corrected chi connectivity index (χ1v) is 8.72. The van der Waals surface area contributed by atoms with E-state index in [0.717, 1.165) is 48.5 Å². The Morgan fingerprint density at radius 2 is 2.08 bits per heavy atom. The highest BCUT2D eigenvalue weighted by molar-refractivity contribution is 14.0. The second-order valence-corrected chi connectivity index (χ2v) is 6.29. The first-order valence-electron chi connectivity index (χ1n) is 7.84. The Kier molecular flexibility index (Phi) is 9.33. The van der Waals surface area contributed by atoms with Crippen LogP contribution >= 0.6 is 35.3 Å². The molecule has 6 nitrogen and oxygen atoms in total. The molecule has 0 atom stereocenters. The normalized spacial score (nSPS) is 12.0. The van der Waals surface area contributed by atoms with Gasteiger partial charge in [-0.3, -0.25) is 4.99 Å². The number of hydrogen-bond donors (Lipinski definition) is 2. The Morgan fingerprint density at radius 1 is 1.31 bits per heavy atom. The maximum Gasteiger partial charge on any atom is 0.434 e. The molecule has 2 N–H and O–H groups in total. The molecule has 0 saturated carbocycles. The summed E-state index contributed by atoms with van der Waals surface area (Å²) in [5.74, 6) is 1.54. The van der Waals surface area contributed by atoms with Crippen LogP contribution in [0.3, 0.4) is 0 Å². The fourth-order valence-electron chi connectivity index (χ4n) is 2.16. The van der Waals surface area contributed by atoms with E-state index in [4.69, 9.17) is 0 Å². The summed E-state index contributed by atoms with van der Waals surface area (Å²) >= 11 is 0.976. The molecule has 0 aliphatic heterocycles. The summed E-state index contributed by atoms with van der Waals surface area (Å²) < 4.78 is 39.6. The number of guanidine groups is 1. The number of hydrogen-bond acceptors (Lipinski definition) is 4. The van der Waals surface area contributed by atoms with Crippen molar-refractivity contribution in [2.24, 2.45) is 4.99 Å². The number of nitrogens with zero attached hydrogens (tertiary/aromatic N) is 4. The number of aryl methyl sites for hydroxylation is 2. The van der Waals surface area contributed by atoms with E-state index in [1.54, 1.807) is 13.2 Å². The summed E-state index contributed by atoms with van der Waals surface area (Å²) in [6.07, 6.45) is 1.26. The third-order valence-electron chi connectivity index (χ3n) is 3.51. The van der Waals surface area contributed by atoms with Gasteiger partial charge in [0.2, 0.25) is 0 Å². The van der Waals surface area contributed by atoms with Gasteiger partial charge in [-0.25, -0.2) is 9.97 Å². The molecule has 0 radical (unpaired) electrons. The number of aliphatic imine (C=N–C) groups is 1. The zero-order chi connectivity index (χ0) is 18.3. The Morgan fingerprint density at radius 3 is 2.65 bits per heavy atom. The van der Waals surface area contributed by atoms with Crippen LogP contribution in [-0.4, -0.2) is 34.1 Å². The zero-order valence-corrected chi connectivity index (χ0v) is 17.7. The number of imidazole rings is 1. The van der Waals surface area contributed by atoms with Crippen molar-refractivity contribution in [3.63, 3.8) is 0 Å². The van der Waals surface area contributed by atoms with E-state index < -0.39 is 11.9 Å². The van der Waals surface area contributed by atoms with Gasteiger partial charge in [-0.2, -0.15) is 13.2 Å². The van der Waals surface area contributed by atoms with E-state index in [1.807, 2.05) is 13.1 Å². The molecule has 2 aromatic heterocycles. The molecule has 2 aromatic rings. The average molecular weight is 502 g/mol. The summed E-state index contributed by atoms with van der Waals surface area (Å²) in [4.78, 5) is 11.8. The second kappa shape index (κ2) is 10.7. The minimum atomic E-state index is -4.40. The lowest BCUT2D eigenvalue weighted by Gasteiger charge is -2.11. The van der Waals surface area contributed by atoms with E-state index in [0.29, 0.717) is 11.0 Å². The fourth-order valence-corrected chi connectivity index (χ4v) is 2.90. The van der Waals surface area contributed by atoms with Crippen molar-refractivity contribution in [1.29, 1.82) is 0 Å². The first kappa shape index (κ1) is 22.7. The molecular weight excluding hydrogens is 480 g/mol. The summed E-state index contributed by atoms with van der Waals surface area (Å²) in [5.41, 5.74) is -0.855. The van der Waals surface area contributed by atoms with Crippen LogP contribution in [0.2, 0.25) is 0 Å². The molecule has 0 spiro atoms. The molecule has 0 fully saturated rings. The van der Waals surface area contributed by atoms with Gasteiger partial charge in [0.25, 0.3) is 0 Å². The van der Waals surface area contributed by atoms with Crippen molar-refractivity contribution < 1.29 is 13.2 Å². The number of thiazole rings is 1. The molecule has 0 saturated heterocycles. The predicted molar refractivity (Wildman–Crippen MR) is 107 cm³/mol. The topological polar surface area (TPSA) is 67.1 Å². The lowest BCUT2D eigenvalue weighted by molar-refractivity contribution is -0.140. The van der Waals surface area contributed by atoms with Crippen molar-refractivity contribution in [1.82, 2.24) is 25.2 Å². The van der Waals surface area contributed by atoms with Crippen LogP contribution in [0.4, 0.5) is 13.2 Å². The molecule has 0 amide bonds. The van der Waals surface area contributed by atoms with Crippen LogP contribution < -0.4 is 10.6 Å². The smallest absolute Gasteiger partial charge is 0.356 e. The monoisotopic (exact) mass is 502 g/mol. The maximum atomic E-state index is 12.5. The summed E-state index contributed by atoms with van der Waals surface area (Å²) in [6.45, 7) is 3.79. The SMILES string of the molecule is CN=C(NCCCCn1ccnc1C)NCc1nc(C(F)(F)F)cs1.I. The summed E-state index contributed by atoms with van der Waals surface area (Å²) in [7, 11) is 1.62. The average Bonchev–Trinajstić information content (AvgIpc) is 3.19. The summed E-state index contributed by atoms with van der Waals surface area (Å²) in [5, 5.41) is 7.49. The lowest BCUT2D eigenvalue weighted by Crippen LogP contribution is -2.37. The maximum absolute atomic E-state index is 12.5. The third-order valence-corrected chi connectivity index (χ3v) is 4.36. The summed E-state index contributed by atoms with van der Waals surface area (Å²) in [6, 6.07) is 0. The van der Waals surface area contributed by atoms with Gasteiger partial charge in [-0.05, 0) is 19.8 Å². The van der Waals surface area contributed by atoms with Gasteiger partial charge < -0.3 is 15.2 Å². The molecule has 0 aliphatic rings. The molecule has 0 bridgehead atoms. The minimum absolute atomic E-state index is 0. The van der Waals surface area contributed by atoms with Gasteiger partial charge >= 0.3 is 6.18 Å². The van der Waals surface area contributed by atoms with E-state index in [9.17, 15) is 13.2 Å². The Labute approximate surface area is 171 Å². The Hall–Kier alpha value is -1.37. The number of aromatic nitrogens is 3. The van der Waals surface area contributed by atoms with E-state index in [2.05, 4.69) is 30.2 Å². The quantitative estimate of drug-likeness (QED) is 0.264. The largest absolute Gasteiger partial charge is 0.434 e. The highest BCUT2D eigenvalue weighted by atomic mass is 127. The number of nitrogens with one attached hydrogen (secondary N) is 2. The van der Waals surface area contributed by atoms with Gasteiger partial charge in [0.1, 0.15) is 10.8 Å². The first-order chi connectivity index (χ1) is 11.9. The number of unbranched alkanes of at least 4 members (excludes halogenated alkanes) is 1. The van der Waals surface area contributed by atoms with Gasteiger partial charge in [-0.15, -0.1) is 35.3 Å². The van der Waals surface area contributed by atoms with Crippen LogP contribution in [0.15, 0.2) is 22.8 Å². The van der Waals surface area contributed by atoms with Gasteiger partial charge in [-0.1, -0.05) is 0 Å². The third kappa shape index (κ3) is 7.09. The molecule has 0 aromatic carbocycles. The van der Waals surface area contributed by atoms with E-state index in [-0.39, 0.29) is 30.5 Å². The zero-order valence-electron chi connectivity index (χ0n) is 14.5. The van der Waals surface area contributed by atoms with Crippen molar-refractivity contribution in [3.8, 4) is 0 Å². The highest BCUT2D eigenvalue weighted by Crippen LogP contribution is 2.29. The number of halogens is 4. The van der Waals surface area contributed by atoms with Gasteiger partial charge in [0, 0.05) is 37.9 Å². The van der Waals surface area contributed by atoms with Crippen LogP contribution in [-0.2, 0) is 19.3 Å². The van der Waals surface area contributed by atoms with Gasteiger partial charge in [0.05, 0.1) is 6.54 Å². The number of alkyl halides is 3. The van der Waals surface area contributed by atoms with Crippen LogP contribution in [0.5, 0.6) is 0 Å². The van der Waals surface area contributed by atoms with Crippen molar-refractivity contribution >= 4 is 41.3 Å². The van der Waals surface area contributed by atoms with Crippen LogP contribution in [0.25, 0.3) is 0 Å². The fraction of sp³-hybridized carbons (Fsp3) is 0.533. The predicted octanol–water partition coefficient (Wildman–Crippen LogP) is 3.43. The second-order valence-electron chi connectivity index (χ2n) is 5.35. The Balaban J connectivity index is 0.00000338. The standard InChI is InChI=1S/C15H21F3N6S.HI/c1-11-20-6-8-24(11)7-4-3-5-21-14(19-2)22-9-13-23-12(10-25-13)15(16,17)18;/h6,8,10H,3-5,7,9H2,1-2H3,(H2,19,21,22);1H. The molecular formula is C15H22F3IN6S. The molecule has 2 heterocycles.